The molecule has 1 amide bonds. The molecule has 0 atom stereocenters. The topological polar surface area (TPSA) is 97.1 Å². The molecule has 3 aromatic rings. The van der Waals surface area contributed by atoms with Gasteiger partial charge in [-0.15, -0.1) is 0 Å². The molecule has 0 saturated heterocycles. The Morgan fingerprint density at radius 2 is 2.07 bits per heavy atom. The lowest BCUT2D eigenvalue weighted by Gasteiger charge is -2.22. The van der Waals surface area contributed by atoms with E-state index >= 15 is 0 Å². The quantitative estimate of drug-likeness (QED) is 0.442. The van der Waals surface area contributed by atoms with Crippen molar-refractivity contribution < 1.29 is 9.90 Å². The molecule has 0 radical (unpaired) electrons. The summed E-state index contributed by atoms with van der Waals surface area (Å²) < 4.78 is 2.72. The van der Waals surface area contributed by atoms with Gasteiger partial charge in [0.2, 0.25) is 5.91 Å². The number of aromatic nitrogens is 3. The van der Waals surface area contributed by atoms with E-state index in [1.807, 2.05) is 24.3 Å². The Bertz CT molecular complexity index is 1060. The standard InChI is InChI=1S/C20H22N4O3S2/c25-11-5-10-24-15-8-3-1-6-13(15)18(23-20(24)27)28-12-17(26)22-19-21-14-7-2-4-9-16(14)29-19/h2,4,7,9,25H,1,3,5-6,8,10-12H2,(H,21,22,26). The molecule has 2 aromatic heterocycles. The van der Waals surface area contributed by atoms with Crippen LogP contribution in [0.5, 0.6) is 0 Å². The predicted octanol–water partition coefficient (Wildman–Crippen LogP) is 2.85. The first kappa shape index (κ1) is 20.1. The van der Waals surface area contributed by atoms with Crippen molar-refractivity contribution in [1.82, 2.24) is 14.5 Å². The molecule has 4 rings (SSSR count). The zero-order valence-electron chi connectivity index (χ0n) is 15.9. The number of thiazole rings is 1. The van der Waals surface area contributed by atoms with Crippen molar-refractivity contribution in [3.05, 3.63) is 46.0 Å². The number of anilines is 1. The molecule has 0 unspecified atom stereocenters. The Morgan fingerprint density at radius 1 is 1.24 bits per heavy atom. The number of nitrogens with zero attached hydrogens (tertiary/aromatic N) is 3. The van der Waals surface area contributed by atoms with E-state index in [-0.39, 0.29) is 24.0 Å². The Kier molecular flexibility index (Phi) is 6.27. The van der Waals surface area contributed by atoms with Gasteiger partial charge in [0.1, 0.15) is 5.03 Å². The summed E-state index contributed by atoms with van der Waals surface area (Å²) in [6.45, 7) is 0.525. The third kappa shape index (κ3) is 4.52. The number of hydrogen-bond donors (Lipinski definition) is 2. The average molecular weight is 431 g/mol. The molecule has 1 aliphatic carbocycles. The molecule has 29 heavy (non-hydrogen) atoms. The summed E-state index contributed by atoms with van der Waals surface area (Å²) in [5, 5.41) is 13.2. The van der Waals surface area contributed by atoms with Gasteiger partial charge in [0.25, 0.3) is 0 Å². The highest BCUT2D eigenvalue weighted by Gasteiger charge is 2.21. The molecule has 1 aliphatic rings. The van der Waals surface area contributed by atoms with E-state index in [0.717, 1.165) is 47.2 Å². The second-order valence-corrected chi connectivity index (χ2v) is 8.88. The smallest absolute Gasteiger partial charge is 0.348 e. The maximum Gasteiger partial charge on any atom is 0.348 e. The molecule has 2 N–H and O–H groups in total. The van der Waals surface area contributed by atoms with Crippen LogP contribution in [-0.4, -0.2) is 37.9 Å². The molecule has 0 fully saturated rings. The van der Waals surface area contributed by atoms with Gasteiger partial charge >= 0.3 is 5.69 Å². The van der Waals surface area contributed by atoms with Gasteiger partial charge < -0.3 is 10.4 Å². The molecule has 1 aromatic carbocycles. The van der Waals surface area contributed by atoms with Gasteiger partial charge in [-0.25, -0.2) is 9.78 Å². The van der Waals surface area contributed by atoms with Gasteiger partial charge in [-0.05, 0) is 44.2 Å². The first-order valence-corrected chi connectivity index (χ1v) is 11.5. The summed E-state index contributed by atoms with van der Waals surface area (Å²) in [7, 11) is 0. The molecule has 2 heterocycles. The molecule has 0 spiro atoms. The number of carbonyl (C=O) groups is 1. The maximum absolute atomic E-state index is 12.5. The second kappa shape index (κ2) is 9.06. The Hall–Kier alpha value is -2.23. The first-order valence-electron chi connectivity index (χ1n) is 9.67. The number of thioether (sulfide) groups is 1. The van der Waals surface area contributed by atoms with Crippen molar-refractivity contribution in [2.75, 3.05) is 17.7 Å². The number of amides is 1. The second-order valence-electron chi connectivity index (χ2n) is 6.88. The number of rotatable bonds is 7. The van der Waals surface area contributed by atoms with E-state index in [4.69, 9.17) is 5.11 Å². The lowest BCUT2D eigenvalue weighted by molar-refractivity contribution is -0.113. The van der Waals surface area contributed by atoms with E-state index in [2.05, 4.69) is 15.3 Å². The number of aliphatic hydroxyl groups excluding tert-OH is 1. The summed E-state index contributed by atoms with van der Waals surface area (Å²) in [5.41, 5.74) is 2.65. The van der Waals surface area contributed by atoms with E-state index < -0.39 is 0 Å². The number of fused-ring (bicyclic) bond motifs is 2. The van der Waals surface area contributed by atoms with E-state index in [1.165, 1.54) is 23.1 Å². The van der Waals surface area contributed by atoms with Gasteiger partial charge in [-0.3, -0.25) is 9.36 Å². The number of benzene rings is 1. The lowest BCUT2D eigenvalue weighted by atomic mass is 9.97. The zero-order chi connectivity index (χ0) is 20.2. The van der Waals surface area contributed by atoms with Crippen LogP contribution in [0.4, 0.5) is 5.13 Å². The molecule has 152 valence electrons. The summed E-state index contributed by atoms with van der Waals surface area (Å²) in [6.07, 6.45) is 4.33. The van der Waals surface area contributed by atoms with E-state index in [0.29, 0.717) is 23.1 Å². The fourth-order valence-corrected chi connectivity index (χ4v) is 5.30. The van der Waals surface area contributed by atoms with Crippen LogP contribution in [0.1, 0.15) is 30.5 Å². The van der Waals surface area contributed by atoms with Crippen molar-refractivity contribution in [3.8, 4) is 0 Å². The Balaban J connectivity index is 1.48. The van der Waals surface area contributed by atoms with Crippen LogP contribution < -0.4 is 11.0 Å². The minimum atomic E-state index is -0.298. The Morgan fingerprint density at radius 3 is 2.90 bits per heavy atom. The Labute approximate surface area is 176 Å². The van der Waals surface area contributed by atoms with E-state index in [9.17, 15) is 9.59 Å². The van der Waals surface area contributed by atoms with Gasteiger partial charge in [0, 0.05) is 24.4 Å². The predicted molar refractivity (Wildman–Crippen MR) is 116 cm³/mol. The fraction of sp³-hybridized carbons (Fsp3) is 0.400. The highest BCUT2D eigenvalue weighted by atomic mass is 32.2. The van der Waals surface area contributed by atoms with Gasteiger partial charge in [0.15, 0.2) is 5.13 Å². The molecule has 7 nitrogen and oxygen atoms in total. The molecule has 0 aliphatic heterocycles. The number of nitrogens with one attached hydrogen (secondary N) is 1. The summed E-state index contributed by atoms with van der Waals surface area (Å²) >= 11 is 2.75. The van der Waals surface area contributed by atoms with Gasteiger partial charge in [-0.2, -0.15) is 4.98 Å². The van der Waals surface area contributed by atoms with Crippen LogP contribution in [0.2, 0.25) is 0 Å². The minimum Gasteiger partial charge on any atom is -0.396 e. The van der Waals surface area contributed by atoms with Crippen molar-refractivity contribution in [1.29, 1.82) is 0 Å². The van der Waals surface area contributed by atoms with Crippen molar-refractivity contribution in [2.24, 2.45) is 0 Å². The molecule has 0 bridgehead atoms. The number of carbonyl (C=O) groups excluding carboxylic acids is 1. The summed E-state index contributed by atoms with van der Waals surface area (Å²) in [4.78, 5) is 33.6. The number of hydrogen-bond acceptors (Lipinski definition) is 7. The highest BCUT2D eigenvalue weighted by Crippen LogP contribution is 2.29. The van der Waals surface area contributed by atoms with Crippen molar-refractivity contribution >= 4 is 44.4 Å². The first-order chi connectivity index (χ1) is 14.2. The third-order valence-electron chi connectivity index (χ3n) is 4.87. The molecule has 9 heteroatoms. The SMILES string of the molecule is O=C(CSc1nc(=O)n(CCCO)c2c1CCCC2)Nc1nc2ccccc2s1. The monoisotopic (exact) mass is 430 g/mol. The largest absolute Gasteiger partial charge is 0.396 e. The van der Waals surface area contributed by atoms with Crippen molar-refractivity contribution in [3.63, 3.8) is 0 Å². The number of para-hydroxylation sites is 1. The summed E-state index contributed by atoms with van der Waals surface area (Å²) in [5.74, 6) is 0.0139. The van der Waals surface area contributed by atoms with Gasteiger partial charge in [-0.1, -0.05) is 35.2 Å². The van der Waals surface area contributed by atoms with Gasteiger partial charge in [0.05, 0.1) is 16.0 Å². The molecular weight excluding hydrogens is 408 g/mol. The number of aliphatic hydroxyl groups is 1. The van der Waals surface area contributed by atoms with Crippen LogP contribution in [0, 0.1) is 0 Å². The van der Waals surface area contributed by atoms with Crippen LogP contribution in [-0.2, 0) is 24.2 Å². The van der Waals surface area contributed by atoms with E-state index in [1.54, 1.807) is 4.57 Å². The fourth-order valence-electron chi connectivity index (χ4n) is 3.54. The highest BCUT2D eigenvalue weighted by molar-refractivity contribution is 8.00. The minimum absolute atomic E-state index is 0.0453. The van der Waals surface area contributed by atoms with Crippen LogP contribution >= 0.6 is 23.1 Å². The van der Waals surface area contributed by atoms with Crippen LogP contribution in [0.25, 0.3) is 10.2 Å². The molecule has 0 saturated carbocycles. The van der Waals surface area contributed by atoms with Crippen molar-refractivity contribution in [2.45, 2.75) is 43.7 Å². The molecular formula is C20H22N4O3S2. The summed E-state index contributed by atoms with van der Waals surface area (Å²) in [6, 6.07) is 7.75. The van der Waals surface area contributed by atoms with Crippen LogP contribution in [0.3, 0.4) is 0 Å². The lowest BCUT2D eigenvalue weighted by Crippen LogP contribution is -2.30. The van der Waals surface area contributed by atoms with Crippen LogP contribution in [0.15, 0.2) is 34.1 Å². The zero-order valence-corrected chi connectivity index (χ0v) is 17.5. The maximum atomic E-state index is 12.5. The normalized spacial score (nSPS) is 13.4. The third-order valence-corrected chi connectivity index (χ3v) is 6.84. The average Bonchev–Trinajstić information content (AvgIpc) is 3.13.